The Morgan fingerprint density at radius 2 is 2.00 bits per heavy atom. The second-order valence-corrected chi connectivity index (χ2v) is 8.79. The quantitative estimate of drug-likeness (QED) is 0.843. The Morgan fingerprint density at radius 3 is 2.65 bits per heavy atom. The molecular formula is C16H31N3S. The third-order valence-corrected chi connectivity index (χ3v) is 5.39. The van der Waals surface area contributed by atoms with Crippen molar-refractivity contribution in [1.29, 1.82) is 0 Å². The SMILES string of the molecule is CN(CCNC1=NCC(CC(C)(C)C)S1)C1CCCC1. The number of nitrogens with zero attached hydrogens (tertiary/aromatic N) is 2. The molecular weight excluding hydrogens is 266 g/mol. The molecule has 1 unspecified atom stereocenters. The maximum atomic E-state index is 4.65. The zero-order chi connectivity index (χ0) is 14.6. The van der Waals surface area contributed by atoms with E-state index in [9.17, 15) is 0 Å². The molecule has 0 aromatic carbocycles. The number of hydrogen-bond donors (Lipinski definition) is 1. The van der Waals surface area contributed by atoms with E-state index in [1.54, 1.807) is 0 Å². The normalized spacial score (nSPS) is 24.4. The summed E-state index contributed by atoms with van der Waals surface area (Å²) in [6.07, 6.45) is 6.85. The van der Waals surface area contributed by atoms with E-state index >= 15 is 0 Å². The summed E-state index contributed by atoms with van der Waals surface area (Å²) in [6, 6.07) is 0.823. The van der Waals surface area contributed by atoms with E-state index < -0.39 is 0 Å². The van der Waals surface area contributed by atoms with Crippen molar-refractivity contribution in [3.8, 4) is 0 Å². The highest BCUT2D eigenvalue weighted by Gasteiger charge is 2.25. The second kappa shape index (κ2) is 7.17. The van der Waals surface area contributed by atoms with Crippen LogP contribution in [0.25, 0.3) is 0 Å². The first kappa shape index (κ1) is 16.2. The van der Waals surface area contributed by atoms with Gasteiger partial charge in [0.2, 0.25) is 0 Å². The molecule has 0 radical (unpaired) electrons. The van der Waals surface area contributed by atoms with Crippen molar-refractivity contribution < 1.29 is 0 Å². The van der Waals surface area contributed by atoms with Crippen LogP contribution in [0, 0.1) is 5.41 Å². The Bertz CT molecular complexity index is 329. The Hall–Kier alpha value is -0.220. The number of aliphatic imine (C=N–C) groups is 1. The maximum absolute atomic E-state index is 4.65. The summed E-state index contributed by atoms with van der Waals surface area (Å²) < 4.78 is 0. The molecule has 1 N–H and O–H groups in total. The fraction of sp³-hybridized carbons (Fsp3) is 0.938. The standard InChI is InChI=1S/C16H31N3S/c1-16(2,3)11-14-12-18-15(20-14)17-9-10-19(4)13-7-5-6-8-13/h13-14H,5-12H2,1-4H3,(H,17,18). The van der Waals surface area contributed by atoms with E-state index in [1.807, 2.05) is 11.8 Å². The smallest absolute Gasteiger partial charge is 0.156 e. The van der Waals surface area contributed by atoms with Gasteiger partial charge in [-0.2, -0.15) is 0 Å². The lowest BCUT2D eigenvalue weighted by Gasteiger charge is -2.24. The van der Waals surface area contributed by atoms with Crippen LogP contribution in [0.3, 0.4) is 0 Å². The number of hydrogen-bond acceptors (Lipinski definition) is 4. The van der Waals surface area contributed by atoms with E-state index in [0.29, 0.717) is 10.7 Å². The molecule has 2 rings (SSSR count). The Kier molecular flexibility index (Phi) is 5.79. The van der Waals surface area contributed by atoms with Crippen LogP contribution in [-0.2, 0) is 0 Å². The summed E-state index contributed by atoms with van der Waals surface area (Å²) in [7, 11) is 2.27. The van der Waals surface area contributed by atoms with Gasteiger partial charge in [0.25, 0.3) is 0 Å². The molecule has 20 heavy (non-hydrogen) atoms. The third kappa shape index (κ3) is 5.28. The van der Waals surface area contributed by atoms with E-state index in [1.165, 1.54) is 37.3 Å². The molecule has 0 bridgehead atoms. The van der Waals surface area contributed by atoms with Gasteiger partial charge in [-0.15, -0.1) is 0 Å². The Morgan fingerprint density at radius 1 is 1.30 bits per heavy atom. The summed E-state index contributed by atoms with van der Waals surface area (Å²) in [5, 5.41) is 5.36. The van der Waals surface area contributed by atoms with Crippen LogP contribution >= 0.6 is 11.8 Å². The highest BCUT2D eigenvalue weighted by atomic mass is 32.2. The van der Waals surface area contributed by atoms with Crippen LogP contribution in [0.2, 0.25) is 0 Å². The van der Waals surface area contributed by atoms with Gasteiger partial charge in [0.1, 0.15) is 0 Å². The summed E-state index contributed by atoms with van der Waals surface area (Å²) >= 11 is 1.94. The molecule has 1 saturated carbocycles. The first-order valence-electron chi connectivity index (χ1n) is 8.09. The van der Waals surface area contributed by atoms with Crippen LogP contribution in [0.1, 0.15) is 52.9 Å². The molecule has 1 fully saturated rings. The molecule has 0 saturated heterocycles. The van der Waals surface area contributed by atoms with Crippen molar-refractivity contribution >= 4 is 16.9 Å². The molecule has 0 aromatic heterocycles. The van der Waals surface area contributed by atoms with Gasteiger partial charge in [-0.1, -0.05) is 45.4 Å². The molecule has 1 aliphatic heterocycles. The molecule has 4 heteroatoms. The fourth-order valence-corrected chi connectivity index (χ4v) is 4.55. The van der Waals surface area contributed by atoms with Gasteiger partial charge < -0.3 is 10.2 Å². The Balaban J connectivity index is 1.61. The lowest BCUT2D eigenvalue weighted by molar-refractivity contribution is 0.249. The first-order valence-corrected chi connectivity index (χ1v) is 8.97. The van der Waals surface area contributed by atoms with Crippen LogP contribution in [0.4, 0.5) is 0 Å². The summed E-state index contributed by atoms with van der Waals surface area (Å²) in [6.45, 7) is 10.1. The summed E-state index contributed by atoms with van der Waals surface area (Å²) in [5.74, 6) is 0. The van der Waals surface area contributed by atoms with E-state index in [4.69, 9.17) is 0 Å². The van der Waals surface area contributed by atoms with Crippen molar-refractivity contribution in [2.24, 2.45) is 10.4 Å². The monoisotopic (exact) mass is 297 g/mol. The molecule has 116 valence electrons. The summed E-state index contributed by atoms with van der Waals surface area (Å²) in [4.78, 5) is 7.17. The van der Waals surface area contributed by atoms with Gasteiger partial charge in [-0.3, -0.25) is 4.99 Å². The molecule has 1 heterocycles. The minimum Gasteiger partial charge on any atom is -0.364 e. The largest absolute Gasteiger partial charge is 0.364 e. The highest BCUT2D eigenvalue weighted by Crippen LogP contribution is 2.31. The van der Waals surface area contributed by atoms with Gasteiger partial charge in [-0.25, -0.2) is 0 Å². The van der Waals surface area contributed by atoms with Gasteiger partial charge in [0.05, 0.1) is 6.54 Å². The van der Waals surface area contributed by atoms with Crippen LogP contribution in [0.15, 0.2) is 4.99 Å². The number of thioether (sulfide) groups is 1. The van der Waals surface area contributed by atoms with E-state index in [2.05, 4.69) is 43.0 Å². The molecule has 1 aliphatic carbocycles. The van der Waals surface area contributed by atoms with Gasteiger partial charge in [-0.05, 0) is 31.7 Å². The van der Waals surface area contributed by atoms with Crippen molar-refractivity contribution in [2.45, 2.75) is 64.2 Å². The number of rotatable bonds is 5. The fourth-order valence-electron chi connectivity index (χ4n) is 3.17. The minimum absolute atomic E-state index is 0.408. The van der Waals surface area contributed by atoms with Crippen LogP contribution in [0.5, 0.6) is 0 Å². The highest BCUT2D eigenvalue weighted by molar-refractivity contribution is 8.14. The Labute approximate surface area is 129 Å². The van der Waals surface area contributed by atoms with Crippen molar-refractivity contribution in [3.05, 3.63) is 0 Å². The second-order valence-electron chi connectivity index (χ2n) is 7.50. The van der Waals surface area contributed by atoms with Gasteiger partial charge >= 0.3 is 0 Å². The van der Waals surface area contributed by atoms with Crippen molar-refractivity contribution in [1.82, 2.24) is 10.2 Å². The summed E-state index contributed by atoms with van der Waals surface area (Å²) in [5.41, 5.74) is 0.408. The molecule has 2 aliphatic rings. The number of likely N-dealkylation sites (N-methyl/N-ethyl adjacent to an activating group) is 1. The van der Waals surface area contributed by atoms with Crippen molar-refractivity contribution in [3.63, 3.8) is 0 Å². The molecule has 0 spiro atoms. The number of nitrogens with one attached hydrogen (secondary N) is 1. The average Bonchev–Trinajstić information content (AvgIpc) is 2.98. The van der Waals surface area contributed by atoms with Crippen molar-refractivity contribution in [2.75, 3.05) is 26.7 Å². The number of amidine groups is 1. The molecule has 0 amide bonds. The lowest BCUT2D eigenvalue weighted by Crippen LogP contribution is -2.36. The minimum atomic E-state index is 0.408. The first-order chi connectivity index (χ1) is 9.44. The van der Waals surface area contributed by atoms with Gasteiger partial charge in [0, 0.05) is 24.4 Å². The zero-order valence-electron chi connectivity index (χ0n) is 13.6. The van der Waals surface area contributed by atoms with Crippen LogP contribution < -0.4 is 5.32 Å². The predicted octanol–water partition coefficient (Wildman–Crippen LogP) is 3.36. The predicted molar refractivity (Wildman–Crippen MR) is 90.6 cm³/mol. The van der Waals surface area contributed by atoms with E-state index in [-0.39, 0.29) is 0 Å². The lowest BCUT2D eigenvalue weighted by atomic mass is 9.90. The topological polar surface area (TPSA) is 27.6 Å². The maximum Gasteiger partial charge on any atom is 0.156 e. The van der Waals surface area contributed by atoms with E-state index in [0.717, 1.165) is 25.7 Å². The van der Waals surface area contributed by atoms with Gasteiger partial charge in [0.15, 0.2) is 5.17 Å². The molecule has 3 nitrogen and oxygen atoms in total. The van der Waals surface area contributed by atoms with Crippen LogP contribution in [-0.4, -0.2) is 48.0 Å². The average molecular weight is 298 g/mol. The zero-order valence-corrected chi connectivity index (χ0v) is 14.4. The molecule has 0 aromatic rings. The third-order valence-electron chi connectivity index (χ3n) is 4.25. The molecule has 1 atom stereocenters.